The van der Waals surface area contributed by atoms with Gasteiger partial charge in [0.15, 0.2) is 0 Å². The monoisotopic (exact) mass is 193 g/mol. The van der Waals surface area contributed by atoms with E-state index in [4.69, 9.17) is 11.5 Å². The van der Waals surface area contributed by atoms with Crippen LogP contribution in [0.15, 0.2) is 18.5 Å². The van der Waals surface area contributed by atoms with Gasteiger partial charge in [0.05, 0.1) is 0 Å². The third-order valence-corrected chi connectivity index (χ3v) is 2.20. The second-order valence-electron chi connectivity index (χ2n) is 4.17. The Morgan fingerprint density at radius 1 is 1.43 bits per heavy atom. The number of nitrogen functional groups attached to an aromatic ring is 1. The number of nitrogens with zero attached hydrogens (tertiary/aromatic N) is 1. The van der Waals surface area contributed by atoms with Gasteiger partial charge in [-0.05, 0) is 30.4 Å². The zero-order chi connectivity index (χ0) is 10.6. The Kier molecular flexibility index (Phi) is 3.89. The molecule has 1 rings (SSSR count). The zero-order valence-electron chi connectivity index (χ0n) is 8.90. The van der Waals surface area contributed by atoms with Crippen molar-refractivity contribution < 1.29 is 0 Å². The van der Waals surface area contributed by atoms with Crippen LogP contribution in [0.25, 0.3) is 0 Å². The van der Waals surface area contributed by atoms with E-state index in [1.165, 1.54) is 0 Å². The van der Waals surface area contributed by atoms with Crippen LogP contribution in [0.3, 0.4) is 0 Å². The molecule has 1 atom stereocenters. The highest BCUT2D eigenvalue weighted by Crippen LogP contribution is 2.13. The zero-order valence-corrected chi connectivity index (χ0v) is 8.90. The summed E-state index contributed by atoms with van der Waals surface area (Å²) in [6.45, 7) is 4.35. The fourth-order valence-electron chi connectivity index (χ4n) is 1.58. The molecule has 3 heteroatoms. The van der Waals surface area contributed by atoms with Crippen molar-refractivity contribution >= 4 is 5.69 Å². The van der Waals surface area contributed by atoms with Crippen LogP contribution in [-0.2, 0) is 6.42 Å². The predicted octanol–water partition coefficient (Wildman–Crippen LogP) is 1.58. The van der Waals surface area contributed by atoms with Crippen molar-refractivity contribution in [2.45, 2.75) is 32.7 Å². The number of pyridine rings is 1. The Labute approximate surface area is 85.5 Å². The van der Waals surface area contributed by atoms with E-state index in [2.05, 4.69) is 18.8 Å². The summed E-state index contributed by atoms with van der Waals surface area (Å²) in [7, 11) is 0. The van der Waals surface area contributed by atoms with Crippen LogP contribution >= 0.6 is 0 Å². The quantitative estimate of drug-likeness (QED) is 0.763. The molecule has 3 nitrogen and oxygen atoms in total. The van der Waals surface area contributed by atoms with Crippen LogP contribution in [0.1, 0.15) is 25.8 Å². The van der Waals surface area contributed by atoms with E-state index in [1.54, 1.807) is 12.4 Å². The molecule has 1 unspecified atom stereocenters. The maximum atomic E-state index is 5.99. The van der Waals surface area contributed by atoms with E-state index in [0.717, 1.165) is 24.1 Å². The SMILES string of the molecule is CC(C)CC(N)Cc1cnccc1N. The summed E-state index contributed by atoms with van der Waals surface area (Å²) in [4.78, 5) is 4.04. The Morgan fingerprint density at radius 2 is 2.14 bits per heavy atom. The average Bonchev–Trinajstić information content (AvgIpc) is 2.07. The lowest BCUT2D eigenvalue weighted by Crippen LogP contribution is -2.25. The molecule has 1 aromatic rings. The number of nitrogens with two attached hydrogens (primary N) is 2. The molecule has 0 saturated heterocycles. The highest BCUT2D eigenvalue weighted by Gasteiger charge is 2.08. The second-order valence-corrected chi connectivity index (χ2v) is 4.17. The molecule has 14 heavy (non-hydrogen) atoms. The van der Waals surface area contributed by atoms with Crippen molar-refractivity contribution in [3.05, 3.63) is 24.0 Å². The lowest BCUT2D eigenvalue weighted by atomic mass is 9.98. The molecule has 0 aliphatic rings. The third-order valence-electron chi connectivity index (χ3n) is 2.20. The molecule has 0 aliphatic heterocycles. The van der Waals surface area contributed by atoms with Crippen LogP contribution in [0.2, 0.25) is 0 Å². The average molecular weight is 193 g/mol. The van der Waals surface area contributed by atoms with E-state index in [-0.39, 0.29) is 6.04 Å². The van der Waals surface area contributed by atoms with Crippen LogP contribution in [0, 0.1) is 5.92 Å². The summed E-state index contributed by atoms with van der Waals surface area (Å²) in [6.07, 6.45) is 5.34. The molecule has 1 aromatic heterocycles. The normalized spacial score (nSPS) is 13.1. The van der Waals surface area contributed by atoms with Crippen LogP contribution < -0.4 is 11.5 Å². The Bertz CT molecular complexity index is 284. The highest BCUT2D eigenvalue weighted by atomic mass is 14.7. The van der Waals surface area contributed by atoms with Crippen molar-refractivity contribution in [3.8, 4) is 0 Å². The minimum Gasteiger partial charge on any atom is -0.398 e. The van der Waals surface area contributed by atoms with Gasteiger partial charge in [-0.3, -0.25) is 4.98 Å². The van der Waals surface area contributed by atoms with Gasteiger partial charge >= 0.3 is 0 Å². The summed E-state index contributed by atoms with van der Waals surface area (Å²) in [6, 6.07) is 2.00. The molecule has 0 spiro atoms. The molecule has 0 fully saturated rings. The van der Waals surface area contributed by atoms with Gasteiger partial charge < -0.3 is 11.5 Å². The molecule has 0 aliphatic carbocycles. The maximum Gasteiger partial charge on any atom is 0.0378 e. The number of anilines is 1. The third kappa shape index (κ3) is 3.34. The molecule has 1 heterocycles. The first-order chi connectivity index (χ1) is 6.59. The molecule has 4 N–H and O–H groups in total. The summed E-state index contributed by atoms with van der Waals surface area (Å²) in [5, 5.41) is 0. The van der Waals surface area contributed by atoms with Crippen molar-refractivity contribution in [1.82, 2.24) is 4.98 Å². The van der Waals surface area contributed by atoms with Crippen molar-refractivity contribution in [3.63, 3.8) is 0 Å². The van der Waals surface area contributed by atoms with Crippen LogP contribution in [0.5, 0.6) is 0 Å². The second kappa shape index (κ2) is 4.96. The van der Waals surface area contributed by atoms with Gasteiger partial charge in [-0.2, -0.15) is 0 Å². The van der Waals surface area contributed by atoms with Gasteiger partial charge in [0.25, 0.3) is 0 Å². The lowest BCUT2D eigenvalue weighted by molar-refractivity contribution is 0.493. The minimum absolute atomic E-state index is 0.182. The van der Waals surface area contributed by atoms with Crippen LogP contribution in [0.4, 0.5) is 5.69 Å². The first kappa shape index (κ1) is 11.0. The molecule has 0 bridgehead atoms. The molecule has 78 valence electrons. The van der Waals surface area contributed by atoms with Crippen molar-refractivity contribution in [1.29, 1.82) is 0 Å². The van der Waals surface area contributed by atoms with E-state index in [0.29, 0.717) is 5.92 Å². The largest absolute Gasteiger partial charge is 0.398 e. The van der Waals surface area contributed by atoms with E-state index < -0.39 is 0 Å². The predicted molar refractivity (Wildman–Crippen MR) is 59.8 cm³/mol. The summed E-state index contributed by atoms with van der Waals surface area (Å²) < 4.78 is 0. The molecule has 0 aromatic carbocycles. The summed E-state index contributed by atoms with van der Waals surface area (Å²) >= 11 is 0. The summed E-state index contributed by atoms with van der Waals surface area (Å²) in [5.41, 5.74) is 13.6. The molecule has 0 saturated carbocycles. The molecular weight excluding hydrogens is 174 g/mol. The van der Waals surface area contributed by atoms with Gasteiger partial charge in [-0.25, -0.2) is 0 Å². The van der Waals surface area contributed by atoms with E-state index in [9.17, 15) is 0 Å². The van der Waals surface area contributed by atoms with Gasteiger partial charge in [-0.15, -0.1) is 0 Å². The van der Waals surface area contributed by atoms with Gasteiger partial charge in [0.1, 0.15) is 0 Å². The first-order valence-corrected chi connectivity index (χ1v) is 5.03. The van der Waals surface area contributed by atoms with Gasteiger partial charge in [0.2, 0.25) is 0 Å². The van der Waals surface area contributed by atoms with Gasteiger partial charge in [0, 0.05) is 24.1 Å². The fourth-order valence-corrected chi connectivity index (χ4v) is 1.58. The van der Waals surface area contributed by atoms with E-state index in [1.807, 2.05) is 6.07 Å². The first-order valence-electron chi connectivity index (χ1n) is 5.03. The molecule has 0 radical (unpaired) electrons. The Morgan fingerprint density at radius 3 is 2.71 bits per heavy atom. The Balaban J connectivity index is 2.56. The van der Waals surface area contributed by atoms with Crippen molar-refractivity contribution in [2.75, 3.05) is 5.73 Å². The lowest BCUT2D eigenvalue weighted by Gasteiger charge is -2.14. The van der Waals surface area contributed by atoms with Gasteiger partial charge in [-0.1, -0.05) is 13.8 Å². The standard InChI is InChI=1S/C11H19N3/c1-8(2)5-10(12)6-9-7-14-4-3-11(9)13/h3-4,7-8,10H,5-6,12H2,1-2H3,(H2,13,14). The number of aromatic nitrogens is 1. The fraction of sp³-hybridized carbons (Fsp3) is 0.545. The molecule has 0 amide bonds. The topological polar surface area (TPSA) is 64.9 Å². The minimum atomic E-state index is 0.182. The smallest absolute Gasteiger partial charge is 0.0378 e. The van der Waals surface area contributed by atoms with Crippen LogP contribution in [-0.4, -0.2) is 11.0 Å². The van der Waals surface area contributed by atoms with E-state index >= 15 is 0 Å². The number of hydrogen-bond acceptors (Lipinski definition) is 3. The highest BCUT2D eigenvalue weighted by molar-refractivity contribution is 5.44. The number of hydrogen-bond donors (Lipinski definition) is 2. The number of rotatable bonds is 4. The summed E-state index contributed by atoms with van der Waals surface area (Å²) in [5.74, 6) is 0.628. The van der Waals surface area contributed by atoms with Crippen molar-refractivity contribution in [2.24, 2.45) is 11.7 Å². The molecular formula is C11H19N3. The Hall–Kier alpha value is -1.09. The maximum absolute atomic E-state index is 5.99.